The van der Waals surface area contributed by atoms with Crippen LogP contribution < -0.4 is 0 Å². The molecule has 1 amide bonds. The Morgan fingerprint density at radius 1 is 1.20 bits per heavy atom. The first kappa shape index (κ1) is 15.0. The van der Waals surface area contributed by atoms with Gasteiger partial charge in [0.1, 0.15) is 0 Å². The molecule has 1 heterocycles. The average Bonchev–Trinajstić information content (AvgIpc) is 2.41. The van der Waals surface area contributed by atoms with Crippen molar-refractivity contribution in [2.75, 3.05) is 26.7 Å². The summed E-state index contributed by atoms with van der Waals surface area (Å²) in [5, 5.41) is 9.42. The predicted molar refractivity (Wildman–Crippen MR) is 73.5 cm³/mol. The number of piperazine rings is 1. The molecule has 7 heteroatoms. The van der Waals surface area contributed by atoms with E-state index in [4.69, 9.17) is 0 Å². The third-order valence-electron chi connectivity index (χ3n) is 3.42. The molecular formula is C13H18N2O4S. The Morgan fingerprint density at radius 3 is 2.30 bits per heavy atom. The molecule has 1 fully saturated rings. The van der Waals surface area contributed by atoms with Gasteiger partial charge in [-0.05, 0) is 24.6 Å². The lowest BCUT2D eigenvalue weighted by molar-refractivity contribution is -0.132. The van der Waals surface area contributed by atoms with Crippen LogP contribution in [0.15, 0.2) is 29.2 Å². The third-order valence-corrected chi connectivity index (χ3v) is 5.28. The molecule has 20 heavy (non-hydrogen) atoms. The van der Waals surface area contributed by atoms with Gasteiger partial charge >= 0.3 is 0 Å². The summed E-state index contributed by atoms with van der Waals surface area (Å²) >= 11 is 0. The number of carbonyl (C=O) groups excluding carboxylic acids is 1. The molecule has 1 N–H and O–H groups in total. The number of amides is 1. The highest BCUT2D eigenvalue weighted by molar-refractivity contribution is 7.89. The molecular weight excluding hydrogens is 280 g/mol. The number of aliphatic hydroxyl groups excluding tert-OH is 1. The molecule has 1 saturated heterocycles. The zero-order chi connectivity index (χ0) is 14.9. The fourth-order valence-corrected chi connectivity index (χ4v) is 3.39. The number of hydrogen-bond donors (Lipinski definition) is 1. The van der Waals surface area contributed by atoms with Crippen LogP contribution in [0, 0.1) is 0 Å². The Hall–Kier alpha value is -1.44. The quantitative estimate of drug-likeness (QED) is 0.865. The fourth-order valence-electron chi connectivity index (χ4n) is 2.01. The largest absolute Gasteiger partial charge is 0.389 e. The minimum absolute atomic E-state index is 0.128. The summed E-state index contributed by atoms with van der Waals surface area (Å²) in [6.07, 6.45) is -0.642. The molecule has 110 valence electrons. The van der Waals surface area contributed by atoms with E-state index in [9.17, 15) is 18.3 Å². The van der Waals surface area contributed by atoms with E-state index in [0.717, 1.165) is 0 Å². The van der Waals surface area contributed by atoms with Gasteiger partial charge in [0.2, 0.25) is 15.9 Å². The van der Waals surface area contributed by atoms with Crippen LogP contribution in [0.5, 0.6) is 0 Å². The molecule has 0 radical (unpaired) electrons. The van der Waals surface area contributed by atoms with Crippen molar-refractivity contribution in [3.05, 3.63) is 29.8 Å². The van der Waals surface area contributed by atoms with Crippen LogP contribution in [0.2, 0.25) is 0 Å². The normalized spacial score (nSPS) is 19.1. The van der Waals surface area contributed by atoms with E-state index in [1.807, 2.05) is 0 Å². The molecule has 1 aromatic rings. The minimum atomic E-state index is -3.66. The lowest BCUT2D eigenvalue weighted by Crippen LogP contribution is -2.50. The fraction of sp³-hybridized carbons (Fsp3) is 0.462. The Bertz CT molecular complexity index is 595. The molecule has 1 aliphatic heterocycles. The Kier molecular flexibility index (Phi) is 4.12. The summed E-state index contributed by atoms with van der Waals surface area (Å²) in [7, 11) is -2.00. The van der Waals surface area contributed by atoms with Crippen molar-refractivity contribution in [2.24, 2.45) is 0 Å². The molecule has 0 aromatic heterocycles. The van der Waals surface area contributed by atoms with Gasteiger partial charge in [0.25, 0.3) is 0 Å². The van der Waals surface area contributed by atoms with Gasteiger partial charge in [0.05, 0.1) is 17.5 Å². The number of rotatable bonds is 3. The molecule has 0 bridgehead atoms. The number of nitrogens with zero attached hydrogens (tertiary/aromatic N) is 2. The van der Waals surface area contributed by atoms with Crippen molar-refractivity contribution >= 4 is 15.9 Å². The van der Waals surface area contributed by atoms with Crippen LogP contribution >= 0.6 is 0 Å². The van der Waals surface area contributed by atoms with E-state index in [-0.39, 0.29) is 17.3 Å². The number of likely N-dealkylation sites (N-methyl/N-ethyl adjacent to an activating group) is 1. The van der Waals surface area contributed by atoms with E-state index >= 15 is 0 Å². The lowest BCUT2D eigenvalue weighted by Gasteiger charge is -2.31. The minimum Gasteiger partial charge on any atom is -0.389 e. The number of sulfonamides is 1. The van der Waals surface area contributed by atoms with Crippen LogP contribution in [0.4, 0.5) is 0 Å². The molecule has 1 unspecified atom stereocenters. The number of hydrogen-bond acceptors (Lipinski definition) is 4. The van der Waals surface area contributed by atoms with Gasteiger partial charge in [0, 0.05) is 20.1 Å². The second-order valence-corrected chi connectivity index (χ2v) is 6.84. The molecule has 1 atom stereocenters. The monoisotopic (exact) mass is 298 g/mol. The zero-order valence-electron chi connectivity index (χ0n) is 11.5. The first-order valence-corrected chi connectivity index (χ1v) is 7.78. The molecule has 0 aliphatic carbocycles. The molecule has 1 aliphatic rings. The summed E-state index contributed by atoms with van der Waals surface area (Å²) in [5.41, 5.74) is 0.651. The molecule has 1 aromatic carbocycles. The van der Waals surface area contributed by atoms with Gasteiger partial charge < -0.3 is 10.0 Å². The highest BCUT2D eigenvalue weighted by Gasteiger charge is 2.31. The van der Waals surface area contributed by atoms with Crippen molar-refractivity contribution in [1.29, 1.82) is 0 Å². The van der Waals surface area contributed by atoms with Crippen molar-refractivity contribution in [3.63, 3.8) is 0 Å². The van der Waals surface area contributed by atoms with Crippen LogP contribution in [-0.2, 0) is 14.8 Å². The average molecular weight is 298 g/mol. The molecule has 0 spiro atoms. The van der Waals surface area contributed by atoms with Crippen molar-refractivity contribution < 1.29 is 18.3 Å². The van der Waals surface area contributed by atoms with Gasteiger partial charge in [-0.2, -0.15) is 4.31 Å². The summed E-state index contributed by atoms with van der Waals surface area (Å²) in [5.74, 6) is -0.208. The van der Waals surface area contributed by atoms with Crippen LogP contribution in [-0.4, -0.2) is 55.3 Å². The van der Waals surface area contributed by atoms with Crippen LogP contribution in [0.3, 0.4) is 0 Å². The van der Waals surface area contributed by atoms with Gasteiger partial charge in [0.15, 0.2) is 0 Å². The van der Waals surface area contributed by atoms with Crippen molar-refractivity contribution in [1.82, 2.24) is 9.21 Å². The van der Waals surface area contributed by atoms with E-state index < -0.39 is 16.1 Å². The van der Waals surface area contributed by atoms with Gasteiger partial charge in [-0.1, -0.05) is 12.1 Å². The maximum Gasteiger partial charge on any atom is 0.243 e. The molecule has 2 rings (SSSR count). The van der Waals surface area contributed by atoms with E-state index in [2.05, 4.69) is 0 Å². The van der Waals surface area contributed by atoms with Crippen molar-refractivity contribution in [2.45, 2.75) is 17.9 Å². The first-order chi connectivity index (χ1) is 9.32. The summed E-state index contributed by atoms with van der Waals surface area (Å²) in [4.78, 5) is 13.3. The zero-order valence-corrected chi connectivity index (χ0v) is 12.3. The maximum atomic E-state index is 12.4. The lowest BCUT2D eigenvalue weighted by atomic mass is 10.1. The SMILES string of the molecule is CC(O)c1ccc(S(=O)(=O)N2CCN(C)C(=O)C2)cc1. The number of carbonyl (C=O) groups is 1. The van der Waals surface area contributed by atoms with Gasteiger partial charge in [-0.3, -0.25) is 4.79 Å². The van der Waals surface area contributed by atoms with E-state index in [1.54, 1.807) is 26.1 Å². The van der Waals surface area contributed by atoms with Crippen LogP contribution in [0.1, 0.15) is 18.6 Å². The Balaban J connectivity index is 2.24. The van der Waals surface area contributed by atoms with E-state index in [0.29, 0.717) is 18.7 Å². The van der Waals surface area contributed by atoms with E-state index in [1.165, 1.54) is 21.3 Å². The first-order valence-electron chi connectivity index (χ1n) is 6.34. The van der Waals surface area contributed by atoms with Gasteiger partial charge in [-0.25, -0.2) is 8.42 Å². The van der Waals surface area contributed by atoms with Gasteiger partial charge in [-0.15, -0.1) is 0 Å². The van der Waals surface area contributed by atoms with Crippen LogP contribution in [0.25, 0.3) is 0 Å². The predicted octanol–water partition coefficient (Wildman–Crippen LogP) is 0.203. The standard InChI is InChI=1S/C13H18N2O4S/c1-10(16)11-3-5-12(6-4-11)20(18,19)15-8-7-14(2)13(17)9-15/h3-6,10,16H,7-9H2,1-2H3. The Labute approximate surface area is 118 Å². The smallest absolute Gasteiger partial charge is 0.243 e. The Morgan fingerprint density at radius 2 is 1.80 bits per heavy atom. The van der Waals surface area contributed by atoms with Crippen molar-refractivity contribution in [3.8, 4) is 0 Å². The summed E-state index contributed by atoms with van der Waals surface area (Å²) < 4.78 is 26.0. The second-order valence-electron chi connectivity index (χ2n) is 4.90. The molecule has 6 nitrogen and oxygen atoms in total. The maximum absolute atomic E-state index is 12.4. The molecule has 0 saturated carbocycles. The third kappa shape index (κ3) is 2.84. The second kappa shape index (κ2) is 5.51. The number of aliphatic hydroxyl groups is 1. The summed E-state index contributed by atoms with van der Waals surface area (Å²) in [6, 6.07) is 6.07. The number of benzene rings is 1. The highest BCUT2D eigenvalue weighted by atomic mass is 32.2. The highest BCUT2D eigenvalue weighted by Crippen LogP contribution is 2.20. The summed E-state index contributed by atoms with van der Waals surface area (Å²) in [6.45, 7) is 2.17. The topological polar surface area (TPSA) is 77.9 Å².